The van der Waals surface area contributed by atoms with Crippen molar-refractivity contribution in [2.24, 2.45) is 0 Å². The molecule has 0 bridgehead atoms. The normalized spacial score (nSPS) is 10.6. The molecule has 0 spiro atoms. The lowest BCUT2D eigenvalue weighted by Gasteiger charge is -1.79. The maximum Gasteiger partial charge on any atom is 0.328 e. The van der Waals surface area contributed by atoms with E-state index in [0.29, 0.717) is 0 Å². The minimum Gasteiger partial charge on any atom is -0.478 e. The zero-order valence-corrected chi connectivity index (χ0v) is 7.85. The van der Waals surface area contributed by atoms with E-state index in [1.54, 1.807) is 6.08 Å². The molecule has 0 aliphatic carbocycles. The summed E-state index contributed by atoms with van der Waals surface area (Å²) in [5.41, 5.74) is 0.907. The molecule has 1 aromatic rings. The van der Waals surface area contributed by atoms with Gasteiger partial charge in [-0.15, -0.1) is 11.3 Å². The van der Waals surface area contributed by atoms with Gasteiger partial charge in [0, 0.05) is 6.08 Å². The molecule has 0 radical (unpaired) electrons. The van der Waals surface area contributed by atoms with Gasteiger partial charge in [-0.05, 0) is 39.0 Å². The number of thiophene rings is 1. The first-order chi connectivity index (χ1) is 5.18. The highest BCUT2D eigenvalue weighted by molar-refractivity contribution is 9.11. The highest BCUT2D eigenvalue weighted by Crippen LogP contribution is 2.21. The van der Waals surface area contributed by atoms with Gasteiger partial charge in [0.2, 0.25) is 0 Å². The van der Waals surface area contributed by atoms with Crippen molar-refractivity contribution < 1.29 is 9.90 Å². The van der Waals surface area contributed by atoms with Crippen molar-refractivity contribution in [1.82, 2.24) is 0 Å². The first-order valence-corrected chi connectivity index (χ1v) is 4.51. The molecule has 0 aromatic carbocycles. The summed E-state index contributed by atoms with van der Waals surface area (Å²) in [4.78, 5) is 10.1. The molecule has 0 fully saturated rings. The molecule has 0 unspecified atom stereocenters. The molecule has 11 heavy (non-hydrogen) atoms. The lowest BCUT2D eigenvalue weighted by Crippen LogP contribution is -1.84. The van der Waals surface area contributed by atoms with Crippen LogP contribution < -0.4 is 0 Å². The third-order valence-electron chi connectivity index (χ3n) is 1.01. The van der Waals surface area contributed by atoms with E-state index in [1.165, 1.54) is 11.3 Å². The number of hydrogen-bond donors (Lipinski definition) is 1. The molecule has 4 heteroatoms. The summed E-state index contributed by atoms with van der Waals surface area (Å²) in [6.45, 7) is 0. The zero-order chi connectivity index (χ0) is 8.27. The highest BCUT2D eigenvalue weighted by Gasteiger charge is 1.92. The van der Waals surface area contributed by atoms with E-state index < -0.39 is 5.97 Å². The smallest absolute Gasteiger partial charge is 0.328 e. The van der Waals surface area contributed by atoms with Crippen LogP contribution >= 0.6 is 27.3 Å². The molecule has 1 heterocycles. The van der Waals surface area contributed by atoms with Crippen molar-refractivity contribution in [1.29, 1.82) is 0 Å². The van der Waals surface area contributed by atoms with Gasteiger partial charge in [-0.2, -0.15) is 0 Å². The standard InChI is InChI=1S/C7H5BrO2S/c8-6-3-5(4-11-6)1-2-7(9)10/h1-4H,(H,9,10)/b2-1-. The van der Waals surface area contributed by atoms with Gasteiger partial charge in [0.1, 0.15) is 0 Å². The molecule has 0 aliphatic heterocycles. The molecular weight excluding hydrogens is 228 g/mol. The van der Waals surface area contributed by atoms with Gasteiger partial charge in [0.15, 0.2) is 0 Å². The number of halogens is 1. The van der Waals surface area contributed by atoms with Gasteiger partial charge in [0.25, 0.3) is 0 Å². The van der Waals surface area contributed by atoms with Crippen LogP contribution in [-0.2, 0) is 4.79 Å². The number of carboxylic acids is 1. The van der Waals surface area contributed by atoms with Crippen LogP contribution in [0, 0.1) is 0 Å². The summed E-state index contributed by atoms with van der Waals surface area (Å²) in [6, 6.07) is 1.87. The van der Waals surface area contributed by atoms with Gasteiger partial charge >= 0.3 is 5.97 Å². The summed E-state index contributed by atoms with van der Waals surface area (Å²) in [6.07, 6.45) is 2.68. The molecule has 0 aliphatic rings. The van der Waals surface area contributed by atoms with Crippen LogP contribution in [0.15, 0.2) is 21.3 Å². The number of carboxylic acid groups (broad SMARTS) is 1. The van der Waals surface area contributed by atoms with Crippen molar-refractivity contribution in [3.05, 3.63) is 26.9 Å². The average Bonchev–Trinajstić information content (AvgIpc) is 2.31. The predicted molar refractivity (Wildman–Crippen MR) is 48.7 cm³/mol. The Kier molecular flexibility index (Phi) is 2.84. The maximum absolute atomic E-state index is 10.1. The first kappa shape index (κ1) is 8.49. The van der Waals surface area contributed by atoms with E-state index >= 15 is 0 Å². The Labute approximate surface area is 76.3 Å². The number of carbonyl (C=O) groups is 1. The SMILES string of the molecule is O=C(O)/C=C\c1csc(Br)c1. The molecule has 0 saturated heterocycles. The molecule has 1 aromatic heterocycles. The van der Waals surface area contributed by atoms with Gasteiger partial charge in [-0.3, -0.25) is 0 Å². The third-order valence-corrected chi connectivity index (χ3v) is 2.53. The van der Waals surface area contributed by atoms with Crippen LogP contribution in [0.1, 0.15) is 5.56 Å². The van der Waals surface area contributed by atoms with Crippen LogP contribution in [0.2, 0.25) is 0 Å². The van der Waals surface area contributed by atoms with Crippen LogP contribution in [0.5, 0.6) is 0 Å². The fraction of sp³-hybridized carbons (Fsp3) is 0. The van der Waals surface area contributed by atoms with E-state index in [1.807, 2.05) is 11.4 Å². The monoisotopic (exact) mass is 232 g/mol. The first-order valence-electron chi connectivity index (χ1n) is 2.83. The Morgan fingerprint density at radius 3 is 2.91 bits per heavy atom. The molecule has 0 saturated carbocycles. The second-order valence-corrected chi connectivity index (χ2v) is 4.15. The lowest BCUT2D eigenvalue weighted by atomic mass is 10.3. The van der Waals surface area contributed by atoms with Crippen molar-refractivity contribution in [2.75, 3.05) is 0 Å². The second kappa shape index (κ2) is 3.69. The Balaban J connectivity index is 2.71. The Hall–Kier alpha value is -0.610. The summed E-state index contributed by atoms with van der Waals surface area (Å²) < 4.78 is 1.00. The van der Waals surface area contributed by atoms with Gasteiger partial charge in [-0.25, -0.2) is 4.79 Å². The van der Waals surface area contributed by atoms with Crippen molar-refractivity contribution in [3.63, 3.8) is 0 Å². The number of rotatable bonds is 2. The molecule has 0 amide bonds. The summed E-state index contributed by atoms with van der Waals surface area (Å²) in [7, 11) is 0. The van der Waals surface area contributed by atoms with Crippen molar-refractivity contribution in [3.8, 4) is 0 Å². The van der Waals surface area contributed by atoms with E-state index in [-0.39, 0.29) is 0 Å². The average molecular weight is 233 g/mol. The zero-order valence-electron chi connectivity index (χ0n) is 5.45. The predicted octanol–water partition coefficient (Wildman–Crippen LogP) is 2.61. The molecule has 0 atom stereocenters. The highest BCUT2D eigenvalue weighted by atomic mass is 79.9. The van der Waals surface area contributed by atoms with Crippen molar-refractivity contribution >= 4 is 39.3 Å². The Morgan fingerprint density at radius 2 is 2.45 bits per heavy atom. The number of aliphatic carboxylic acids is 1. The maximum atomic E-state index is 10.1. The topological polar surface area (TPSA) is 37.3 Å². The third kappa shape index (κ3) is 2.86. The molecule has 58 valence electrons. The molecular formula is C7H5BrO2S. The van der Waals surface area contributed by atoms with Gasteiger partial charge in [0.05, 0.1) is 3.79 Å². The van der Waals surface area contributed by atoms with Crippen molar-refractivity contribution in [2.45, 2.75) is 0 Å². The lowest BCUT2D eigenvalue weighted by molar-refractivity contribution is -0.131. The summed E-state index contributed by atoms with van der Waals surface area (Å²) in [5.74, 6) is -0.924. The minimum atomic E-state index is -0.924. The van der Waals surface area contributed by atoms with Crippen LogP contribution in [0.3, 0.4) is 0 Å². The molecule has 1 N–H and O–H groups in total. The van der Waals surface area contributed by atoms with E-state index in [4.69, 9.17) is 5.11 Å². The fourth-order valence-corrected chi connectivity index (χ4v) is 1.72. The summed E-state index contributed by atoms with van der Waals surface area (Å²) in [5, 5.41) is 10.2. The largest absolute Gasteiger partial charge is 0.478 e. The Morgan fingerprint density at radius 1 is 1.73 bits per heavy atom. The fourth-order valence-electron chi connectivity index (χ4n) is 0.578. The quantitative estimate of drug-likeness (QED) is 0.797. The van der Waals surface area contributed by atoms with E-state index in [9.17, 15) is 4.79 Å². The number of hydrogen-bond acceptors (Lipinski definition) is 2. The van der Waals surface area contributed by atoms with Crippen LogP contribution in [0.4, 0.5) is 0 Å². The van der Waals surface area contributed by atoms with Gasteiger partial charge in [-0.1, -0.05) is 0 Å². The molecule has 1 rings (SSSR count). The van der Waals surface area contributed by atoms with Gasteiger partial charge < -0.3 is 5.11 Å². The second-order valence-electron chi connectivity index (χ2n) is 1.86. The minimum absolute atomic E-state index is 0.907. The van der Waals surface area contributed by atoms with E-state index in [0.717, 1.165) is 15.4 Å². The Bertz CT molecular complexity index is 290. The van der Waals surface area contributed by atoms with Crippen LogP contribution in [0.25, 0.3) is 6.08 Å². The summed E-state index contributed by atoms with van der Waals surface area (Å²) >= 11 is 4.80. The van der Waals surface area contributed by atoms with E-state index in [2.05, 4.69) is 15.9 Å². The molecule has 2 nitrogen and oxygen atoms in total. The van der Waals surface area contributed by atoms with Crippen LogP contribution in [-0.4, -0.2) is 11.1 Å².